The molecule has 4 unspecified atom stereocenters. The molecule has 4 nitrogen and oxygen atoms in total. The molecule has 0 aliphatic carbocycles. The molecule has 19 heteroatoms. The Bertz CT molecular complexity index is 1670. The number of hydrogen-bond donors (Lipinski definition) is 2. The number of allylic oxidation sites excluding steroid dienone is 2. The average Bonchev–Trinajstić information content (AvgIpc) is 3.98. The van der Waals surface area contributed by atoms with E-state index >= 15 is 0 Å². The Kier molecular flexibility index (Phi) is 72.6. The van der Waals surface area contributed by atoms with Gasteiger partial charge in [0.2, 0.25) is 0 Å². The summed E-state index contributed by atoms with van der Waals surface area (Å²) in [7, 11) is -4.00. The standard InChI is InChI=1S/C11H20F2OSi.C10H18F2.C9H14F2.C8H12F2O.C7H12F2O.C5H10Si.C5H9Si.C4H8O.C4H9.2Li/c1-5-6-8-11(12,13)10(14)7-9-15(2,3)4;1-4-6-8-10(11,12)9(3)7-5-2;1-4-6-7-9(10,11)8(3)5-2;1-3-5-6-8(9,10)7(11)4-2;1-3-4-5-7(8,9)6(2)10;2*1-5-6(2,3)4;1-2-4-5-3-1;1-3-4-2;;/h10,14H,5-6,8H2,1-4H3;5,7,9H,4,6,8H2,1-3H3;2,8H,4,6-7H2,1,3H3;2,7,11H,3,5-6H2,1H3;3-5H2,1-2H3;1H,2-4H3;2-4H3;1-4H2;1,3-4H2,2H3;;/q;;;;;;-1;;-1;2*+1/b;7-5+;;;;;;;;;. The van der Waals surface area contributed by atoms with Crippen molar-refractivity contribution in [2.24, 2.45) is 11.8 Å². The molecule has 472 valence electrons. The van der Waals surface area contributed by atoms with Gasteiger partial charge in [-0.3, -0.25) is 4.79 Å². The number of Topliss-reactive ketones (excluding diaryl/α,β-unsaturated/α-hetero) is 1. The molecule has 4 atom stereocenters. The second-order valence-electron chi connectivity index (χ2n) is 22.5. The van der Waals surface area contributed by atoms with Crippen molar-refractivity contribution < 1.29 is 101 Å². The van der Waals surface area contributed by atoms with E-state index in [1.807, 2.05) is 47.3 Å². The monoisotopic (exact) mass is 1220 g/mol. The first-order valence-electron chi connectivity index (χ1n) is 28.5. The number of ether oxygens (including phenoxy) is 1. The van der Waals surface area contributed by atoms with Gasteiger partial charge in [-0.05, 0) is 58.8 Å². The molecular formula is C63H112F10Li2O4Si3. The molecule has 0 spiro atoms. The second-order valence-corrected chi connectivity index (χ2v) is 36.7. The van der Waals surface area contributed by atoms with Gasteiger partial charge in [0.05, 0.1) is 14.0 Å². The summed E-state index contributed by atoms with van der Waals surface area (Å²) in [4.78, 5) is 10.2. The van der Waals surface area contributed by atoms with E-state index in [9.17, 15) is 53.8 Å². The minimum Gasteiger partial charge on any atom is -0.701 e. The van der Waals surface area contributed by atoms with Crippen molar-refractivity contribution in [3.8, 4) is 53.7 Å². The van der Waals surface area contributed by atoms with E-state index in [1.165, 1.54) is 26.2 Å². The third-order valence-electron chi connectivity index (χ3n) is 10.4. The van der Waals surface area contributed by atoms with E-state index in [0.717, 1.165) is 39.4 Å². The van der Waals surface area contributed by atoms with Crippen LogP contribution in [-0.2, 0) is 9.53 Å². The van der Waals surface area contributed by atoms with Crippen LogP contribution in [0.4, 0.5) is 43.9 Å². The van der Waals surface area contributed by atoms with Gasteiger partial charge >= 0.3 is 43.6 Å². The molecular weight excluding hydrogens is 1110 g/mol. The van der Waals surface area contributed by atoms with Gasteiger partial charge in [-0.15, -0.1) is 30.4 Å². The number of carbonyl (C=O) groups is 1. The molecule has 0 saturated carbocycles. The normalized spacial score (nSPS) is 13.4. The predicted octanol–water partition coefficient (Wildman–Crippen LogP) is 13.7. The number of ketones is 1. The number of carbonyl (C=O) groups excluding carboxylic acids is 1. The molecule has 0 amide bonds. The maximum atomic E-state index is 13.2. The van der Waals surface area contributed by atoms with E-state index in [2.05, 4.69) is 88.0 Å². The molecule has 0 aromatic heterocycles. The summed E-state index contributed by atoms with van der Waals surface area (Å²) >= 11 is 0. The first-order valence-corrected chi connectivity index (χ1v) is 39.0. The molecule has 1 aliphatic rings. The summed E-state index contributed by atoms with van der Waals surface area (Å²) in [5, 5.41) is 17.9. The van der Waals surface area contributed by atoms with Crippen molar-refractivity contribution in [2.45, 2.75) is 292 Å². The molecule has 1 heterocycles. The minimum atomic E-state index is -3.12. The summed E-state index contributed by atoms with van der Waals surface area (Å²) in [6.45, 7) is 41.2. The molecule has 1 saturated heterocycles. The van der Waals surface area contributed by atoms with Crippen LogP contribution in [0, 0.1) is 78.8 Å². The summed E-state index contributed by atoms with van der Waals surface area (Å²) in [6, 6.07) is 0. The fraction of sp³-hybridized carbons (Fsp3) is 0.778. The van der Waals surface area contributed by atoms with Crippen LogP contribution >= 0.6 is 0 Å². The summed E-state index contributed by atoms with van der Waals surface area (Å²) in [5.74, 6) is -11.1. The Morgan fingerprint density at radius 1 is 0.598 bits per heavy atom. The van der Waals surface area contributed by atoms with Gasteiger partial charge in [0, 0.05) is 58.2 Å². The Hall–Kier alpha value is -1.76. The van der Waals surface area contributed by atoms with E-state index < -0.39 is 83.7 Å². The van der Waals surface area contributed by atoms with E-state index in [0.29, 0.717) is 51.4 Å². The largest absolute Gasteiger partial charge is 1.00 e. The van der Waals surface area contributed by atoms with Crippen molar-refractivity contribution in [3.05, 3.63) is 25.5 Å². The Morgan fingerprint density at radius 3 is 1.15 bits per heavy atom. The molecule has 0 aromatic rings. The van der Waals surface area contributed by atoms with Gasteiger partial charge in [-0.2, -0.15) is 15.2 Å². The van der Waals surface area contributed by atoms with Gasteiger partial charge in [0.25, 0.3) is 23.7 Å². The number of aliphatic hydroxyl groups excluding tert-OH is 2. The molecule has 0 aromatic carbocycles. The van der Waals surface area contributed by atoms with Crippen LogP contribution in [0.25, 0.3) is 0 Å². The fourth-order valence-electron chi connectivity index (χ4n) is 4.52. The first-order chi connectivity index (χ1) is 36.4. The van der Waals surface area contributed by atoms with Gasteiger partial charge in [0.15, 0.2) is 18.0 Å². The van der Waals surface area contributed by atoms with Gasteiger partial charge in [0.1, 0.15) is 16.1 Å². The number of aliphatic hydroxyl groups is 2. The van der Waals surface area contributed by atoms with Crippen LogP contribution in [0.2, 0.25) is 58.9 Å². The van der Waals surface area contributed by atoms with Crippen molar-refractivity contribution in [1.29, 1.82) is 0 Å². The number of halogens is 10. The Labute approximate surface area is 524 Å². The van der Waals surface area contributed by atoms with Crippen molar-refractivity contribution in [1.82, 2.24) is 0 Å². The van der Waals surface area contributed by atoms with E-state index in [4.69, 9.17) is 29.1 Å². The SMILES string of the molecule is C#CC(C)C(F)(F)CCCC.C#CC(O)C(F)(F)CCCC.C#C[Si](C)(C)C.C/C=C/C(C)C(F)(F)CCCC.C1CCOC1.CCCCC(F)(F)C(C)=O.CCCCC(F)(F)C(O)C#C[Si](C)(C)C.[C-]#C[Si](C)(C)C.[CH2-]CCC.[Li+].[Li+]. The zero-order valence-electron chi connectivity index (χ0n) is 55.2. The van der Waals surface area contributed by atoms with E-state index in [1.54, 1.807) is 38.8 Å². The molecule has 0 bridgehead atoms. The number of hydrogen-bond acceptors (Lipinski definition) is 4. The first kappa shape index (κ1) is 102. The van der Waals surface area contributed by atoms with Crippen molar-refractivity contribution in [2.75, 3.05) is 13.2 Å². The zero-order valence-corrected chi connectivity index (χ0v) is 58.2. The summed E-state index contributed by atoms with van der Waals surface area (Å²) < 4.78 is 133. The topological polar surface area (TPSA) is 66.8 Å². The zero-order chi connectivity index (χ0) is 65.1. The molecule has 82 heavy (non-hydrogen) atoms. The Morgan fingerprint density at radius 2 is 0.915 bits per heavy atom. The van der Waals surface area contributed by atoms with Crippen LogP contribution in [-0.4, -0.2) is 95.3 Å². The second kappa shape index (κ2) is 58.3. The number of terminal acetylenes is 3. The van der Waals surface area contributed by atoms with Crippen LogP contribution in [0.15, 0.2) is 12.2 Å². The van der Waals surface area contributed by atoms with Crippen LogP contribution in [0.5, 0.6) is 0 Å². The number of rotatable bonds is 22. The van der Waals surface area contributed by atoms with Crippen molar-refractivity contribution >= 4 is 30.0 Å². The van der Waals surface area contributed by atoms with Gasteiger partial charge < -0.3 is 33.8 Å². The number of unbranched alkanes of at least 4 members (excludes halogenated alkanes) is 6. The fourth-order valence-corrected chi connectivity index (χ4v) is 5.09. The molecule has 0 radical (unpaired) electrons. The third-order valence-corrected chi connectivity index (χ3v) is 12.9. The van der Waals surface area contributed by atoms with E-state index in [-0.39, 0.29) is 69.8 Å². The van der Waals surface area contributed by atoms with Gasteiger partial charge in [-0.25, -0.2) is 35.1 Å². The molecule has 1 fully saturated rings. The smallest absolute Gasteiger partial charge is 0.701 e. The third kappa shape index (κ3) is 76.2. The van der Waals surface area contributed by atoms with Crippen LogP contribution in [0.1, 0.15) is 191 Å². The maximum absolute atomic E-state index is 13.2. The van der Waals surface area contributed by atoms with Gasteiger partial charge in [-0.1, -0.05) is 176 Å². The summed E-state index contributed by atoms with van der Waals surface area (Å²) in [5.41, 5.74) is 8.00. The van der Waals surface area contributed by atoms with Crippen LogP contribution < -0.4 is 37.7 Å². The minimum absolute atomic E-state index is 0. The number of alkyl halides is 10. The summed E-state index contributed by atoms with van der Waals surface area (Å²) in [6.07, 6.45) is 30.7. The Balaban J connectivity index is -0.0000000907. The quantitative estimate of drug-likeness (QED) is 0.0373. The van der Waals surface area contributed by atoms with Crippen molar-refractivity contribution in [3.63, 3.8) is 0 Å². The predicted molar refractivity (Wildman–Crippen MR) is 330 cm³/mol. The maximum Gasteiger partial charge on any atom is 1.00 e. The molecule has 2 N–H and O–H groups in total. The average molecular weight is 1220 g/mol. The van der Waals surface area contributed by atoms with Crippen LogP contribution in [0.3, 0.4) is 0 Å². The molecule has 1 aliphatic heterocycles. The molecule has 1 rings (SSSR count).